The summed E-state index contributed by atoms with van der Waals surface area (Å²) >= 11 is 3.12. The van der Waals surface area contributed by atoms with Crippen LogP contribution in [0.2, 0.25) is 0 Å². The summed E-state index contributed by atoms with van der Waals surface area (Å²) in [5.41, 5.74) is 6.59. The van der Waals surface area contributed by atoms with Gasteiger partial charge in [-0.25, -0.2) is 4.39 Å². The molecule has 100 valence electrons. The lowest BCUT2D eigenvalue weighted by atomic mass is 10.1. The fraction of sp³-hybridized carbons (Fsp3) is 0. The van der Waals surface area contributed by atoms with Gasteiger partial charge in [0.25, 0.3) is 5.91 Å². The first-order valence-electron chi connectivity index (χ1n) is 5.57. The lowest BCUT2D eigenvalue weighted by Crippen LogP contribution is -2.14. The molecule has 0 bridgehead atoms. The fourth-order valence-corrected chi connectivity index (χ4v) is 1.94. The second-order valence-corrected chi connectivity index (χ2v) is 4.91. The largest absolute Gasteiger partial charge is 0.397 e. The lowest BCUT2D eigenvalue weighted by molar-refractivity contribution is 0.102. The van der Waals surface area contributed by atoms with Crippen molar-refractivity contribution in [2.45, 2.75) is 0 Å². The zero-order valence-corrected chi connectivity index (χ0v) is 11.7. The van der Waals surface area contributed by atoms with Crippen LogP contribution in [0.1, 0.15) is 15.9 Å². The Balaban J connectivity index is 2.26. The second kappa shape index (κ2) is 5.72. The summed E-state index contributed by atoms with van der Waals surface area (Å²) in [7, 11) is 0. The molecule has 3 N–H and O–H groups in total. The molecule has 4 nitrogen and oxygen atoms in total. The molecule has 0 aliphatic carbocycles. The van der Waals surface area contributed by atoms with Crippen molar-refractivity contribution in [1.82, 2.24) is 0 Å². The van der Waals surface area contributed by atoms with Crippen LogP contribution in [0, 0.1) is 17.1 Å². The molecule has 0 fully saturated rings. The van der Waals surface area contributed by atoms with Gasteiger partial charge in [-0.2, -0.15) is 5.26 Å². The van der Waals surface area contributed by atoms with Crippen LogP contribution in [0.4, 0.5) is 15.8 Å². The molecule has 0 aliphatic rings. The number of nitrogens with zero attached hydrogens (tertiary/aromatic N) is 1. The molecule has 1 amide bonds. The van der Waals surface area contributed by atoms with Crippen molar-refractivity contribution < 1.29 is 9.18 Å². The predicted octanol–water partition coefficient (Wildman–Crippen LogP) is 3.29. The number of hydrogen-bond acceptors (Lipinski definition) is 3. The Labute approximate surface area is 123 Å². The highest BCUT2D eigenvalue weighted by molar-refractivity contribution is 9.10. The quantitative estimate of drug-likeness (QED) is 0.827. The van der Waals surface area contributed by atoms with Crippen LogP contribution >= 0.6 is 15.9 Å². The minimum Gasteiger partial charge on any atom is -0.397 e. The number of nitriles is 1. The SMILES string of the molecule is N#Cc1ccc(NC(=O)c2ccc(Br)cc2F)c(N)c1. The van der Waals surface area contributed by atoms with E-state index in [1.165, 1.54) is 30.3 Å². The van der Waals surface area contributed by atoms with Gasteiger partial charge in [0.1, 0.15) is 5.82 Å². The molecule has 20 heavy (non-hydrogen) atoms. The molecule has 0 radical (unpaired) electrons. The maximum Gasteiger partial charge on any atom is 0.258 e. The highest BCUT2D eigenvalue weighted by Crippen LogP contribution is 2.22. The Hall–Kier alpha value is -2.39. The molecule has 2 aromatic rings. The van der Waals surface area contributed by atoms with Crippen molar-refractivity contribution in [3.8, 4) is 6.07 Å². The van der Waals surface area contributed by atoms with E-state index >= 15 is 0 Å². The van der Waals surface area contributed by atoms with E-state index in [0.717, 1.165) is 0 Å². The third-order valence-electron chi connectivity index (χ3n) is 2.60. The van der Waals surface area contributed by atoms with Crippen LogP contribution in [0.25, 0.3) is 0 Å². The topological polar surface area (TPSA) is 78.9 Å². The molecule has 0 unspecified atom stereocenters. The van der Waals surface area contributed by atoms with Gasteiger partial charge in [-0.1, -0.05) is 15.9 Å². The van der Waals surface area contributed by atoms with Gasteiger partial charge < -0.3 is 11.1 Å². The van der Waals surface area contributed by atoms with Crippen molar-refractivity contribution in [3.63, 3.8) is 0 Å². The average molecular weight is 334 g/mol. The standard InChI is InChI=1S/C14H9BrFN3O/c15-9-2-3-10(11(16)6-9)14(20)19-13-4-1-8(7-17)5-12(13)18/h1-6H,18H2,(H,19,20). The third kappa shape index (κ3) is 2.95. The minimum absolute atomic E-state index is 0.0861. The van der Waals surface area contributed by atoms with E-state index in [4.69, 9.17) is 11.0 Å². The van der Waals surface area contributed by atoms with Crippen molar-refractivity contribution in [2.24, 2.45) is 0 Å². The van der Waals surface area contributed by atoms with Crippen LogP contribution in [0.15, 0.2) is 40.9 Å². The lowest BCUT2D eigenvalue weighted by Gasteiger charge is -2.09. The number of rotatable bonds is 2. The number of nitrogen functional groups attached to an aromatic ring is 1. The first-order chi connectivity index (χ1) is 9.51. The maximum absolute atomic E-state index is 13.7. The van der Waals surface area contributed by atoms with Crippen molar-refractivity contribution in [3.05, 3.63) is 57.8 Å². The molecule has 0 aliphatic heterocycles. The predicted molar refractivity (Wildman–Crippen MR) is 77.6 cm³/mol. The van der Waals surface area contributed by atoms with Gasteiger partial charge in [0.15, 0.2) is 0 Å². The number of carbonyl (C=O) groups excluding carboxylic acids is 1. The molecule has 0 spiro atoms. The number of halogens is 2. The smallest absolute Gasteiger partial charge is 0.258 e. The summed E-state index contributed by atoms with van der Waals surface area (Å²) in [4.78, 5) is 12.0. The summed E-state index contributed by atoms with van der Waals surface area (Å²) in [5, 5.41) is 11.2. The highest BCUT2D eigenvalue weighted by Gasteiger charge is 2.13. The van der Waals surface area contributed by atoms with Gasteiger partial charge in [0.2, 0.25) is 0 Å². The van der Waals surface area contributed by atoms with Crippen molar-refractivity contribution in [2.75, 3.05) is 11.1 Å². The summed E-state index contributed by atoms with van der Waals surface area (Å²) in [5.74, 6) is -1.24. The first-order valence-corrected chi connectivity index (χ1v) is 6.36. The van der Waals surface area contributed by atoms with E-state index in [-0.39, 0.29) is 11.3 Å². The van der Waals surface area contributed by atoms with Gasteiger partial charge in [0, 0.05) is 4.47 Å². The molecule has 2 rings (SSSR count). The Morgan fingerprint density at radius 3 is 2.65 bits per heavy atom. The Kier molecular flexibility index (Phi) is 4.01. The highest BCUT2D eigenvalue weighted by atomic mass is 79.9. The third-order valence-corrected chi connectivity index (χ3v) is 3.10. The van der Waals surface area contributed by atoms with Gasteiger partial charge in [-0.05, 0) is 36.4 Å². The number of hydrogen-bond donors (Lipinski definition) is 2. The number of amides is 1. The van der Waals surface area contributed by atoms with E-state index in [1.807, 2.05) is 6.07 Å². The van der Waals surface area contributed by atoms with Crippen molar-refractivity contribution >= 4 is 33.2 Å². The van der Waals surface area contributed by atoms with Gasteiger partial charge in [-0.15, -0.1) is 0 Å². The Morgan fingerprint density at radius 1 is 1.30 bits per heavy atom. The summed E-state index contributed by atoms with van der Waals surface area (Å²) in [6.07, 6.45) is 0. The monoisotopic (exact) mass is 333 g/mol. The van der Waals surface area contributed by atoms with Crippen molar-refractivity contribution in [1.29, 1.82) is 5.26 Å². The van der Waals surface area contributed by atoms with E-state index in [0.29, 0.717) is 15.7 Å². The fourth-order valence-electron chi connectivity index (χ4n) is 1.61. The van der Waals surface area contributed by atoms with Gasteiger partial charge in [-0.3, -0.25) is 4.79 Å². The zero-order valence-electron chi connectivity index (χ0n) is 10.2. The molecule has 0 saturated heterocycles. The molecule has 6 heteroatoms. The molecule has 0 aromatic heterocycles. The van der Waals surface area contributed by atoms with E-state index < -0.39 is 11.7 Å². The average Bonchev–Trinajstić information content (AvgIpc) is 2.40. The Bertz CT molecular complexity index is 725. The number of benzene rings is 2. The van der Waals surface area contributed by atoms with E-state index in [2.05, 4.69) is 21.2 Å². The molecular formula is C14H9BrFN3O. The molecule has 2 aromatic carbocycles. The zero-order chi connectivity index (χ0) is 14.7. The van der Waals surface area contributed by atoms with Crippen LogP contribution < -0.4 is 11.1 Å². The Morgan fingerprint density at radius 2 is 2.05 bits per heavy atom. The molecule has 0 heterocycles. The van der Waals surface area contributed by atoms with Crippen LogP contribution in [-0.2, 0) is 0 Å². The van der Waals surface area contributed by atoms with Gasteiger partial charge >= 0.3 is 0 Å². The summed E-state index contributed by atoms with van der Waals surface area (Å²) in [6.45, 7) is 0. The maximum atomic E-state index is 13.7. The molecule has 0 atom stereocenters. The normalized spacial score (nSPS) is 9.85. The van der Waals surface area contributed by atoms with E-state index in [1.54, 1.807) is 6.07 Å². The second-order valence-electron chi connectivity index (χ2n) is 3.99. The van der Waals surface area contributed by atoms with Crippen LogP contribution in [0.3, 0.4) is 0 Å². The van der Waals surface area contributed by atoms with Gasteiger partial charge in [0.05, 0.1) is 28.6 Å². The van der Waals surface area contributed by atoms with Crippen LogP contribution in [0.5, 0.6) is 0 Å². The minimum atomic E-state index is -0.635. The number of carbonyl (C=O) groups is 1. The summed E-state index contributed by atoms with van der Waals surface area (Å²) < 4.78 is 14.2. The first kappa shape index (κ1) is 14.0. The number of anilines is 2. The summed E-state index contributed by atoms with van der Waals surface area (Å²) in [6, 6.07) is 10.5. The number of nitrogens with one attached hydrogen (secondary N) is 1. The van der Waals surface area contributed by atoms with Crippen LogP contribution in [-0.4, -0.2) is 5.91 Å². The molecule has 0 saturated carbocycles. The number of nitrogens with two attached hydrogens (primary N) is 1. The molecular weight excluding hydrogens is 325 g/mol. The van der Waals surface area contributed by atoms with E-state index in [9.17, 15) is 9.18 Å².